The van der Waals surface area contributed by atoms with Gasteiger partial charge in [0.15, 0.2) is 0 Å². The Bertz CT molecular complexity index is 900. The minimum absolute atomic E-state index is 0.394. The van der Waals surface area contributed by atoms with E-state index in [1.54, 1.807) is 12.3 Å². The number of ether oxygens (including phenoxy) is 1. The largest absolute Gasteiger partial charge is 0.466 e. The summed E-state index contributed by atoms with van der Waals surface area (Å²) >= 11 is 12.5. The van der Waals surface area contributed by atoms with Crippen LogP contribution < -0.4 is 5.32 Å². The number of halogens is 2. The topological polar surface area (TPSA) is 51.2 Å². The van der Waals surface area contributed by atoms with Crippen molar-refractivity contribution < 1.29 is 9.53 Å². The van der Waals surface area contributed by atoms with Crippen molar-refractivity contribution >= 4 is 34.7 Å². The smallest absolute Gasteiger partial charge is 0.336 e. The summed E-state index contributed by atoms with van der Waals surface area (Å²) in [4.78, 5) is 17.1. The molecule has 1 unspecified atom stereocenters. The minimum atomic E-state index is -0.406. The van der Waals surface area contributed by atoms with E-state index >= 15 is 0 Å². The van der Waals surface area contributed by atoms with E-state index in [2.05, 4.69) is 10.3 Å². The SMILES string of the molecule is COC(=O)C1=C(C)NC(C)=C(c2ccccn2)C1c1cc(Cl)cc(Cl)c1. The van der Waals surface area contributed by atoms with Crippen LogP contribution in [0, 0.1) is 0 Å². The number of carbonyl (C=O) groups excluding carboxylic acids is 1. The first-order valence-corrected chi connectivity index (χ1v) is 8.82. The number of nitrogens with one attached hydrogen (secondary N) is 1. The fourth-order valence-electron chi connectivity index (χ4n) is 3.31. The Morgan fingerprint density at radius 1 is 1.12 bits per heavy atom. The molecule has 1 atom stereocenters. The number of esters is 1. The fourth-order valence-corrected chi connectivity index (χ4v) is 3.85. The summed E-state index contributed by atoms with van der Waals surface area (Å²) in [7, 11) is 1.37. The number of dihydropyridines is 1. The molecule has 3 rings (SSSR count). The third-order valence-electron chi connectivity index (χ3n) is 4.32. The van der Waals surface area contributed by atoms with Crippen molar-refractivity contribution in [3.8, 4) is 0 Å². The molecule has 6 heteroatoms. The summed E-state index contributed by atoms with van der Waals surface area (Å²) in [5.41, 5.74) is 4.62. The average molecular weight is 389 g/mol. The zero-order valence-electron chi connectivity index (χ0n) is 14.6. The number of hydrogen-bond donors (Lipinski definition) is 1. The second kappa shape index (κ2) is 7.52. The Balaban J connectivity index is 2.28. The summed E-state index contributed by atoms with van der Waals surface area (Å²) in [6, 6.07) is 11.0. The lowest BCUT2D eigenvalue weighted by Crippen LogP contribution is -2.28. The highest BCUT2D eigenvalue weighted by Gasteiger charge is 2.35. The van der Waals surface area contributed by atoms with E-state index in [0.717, 1.165) is 28.2 Å². The van der Waals surface area contributed by atoms with Crippen LogP contribution >= 0.6 is 23.2 Å². The van der Waals surface area contributed by atoms with Gasteiger partial charge in [-0.2, -0.15) is 0 Å². The number of allylic oxidation sites excluding steroid dienone is 3. The normalized spacial score (nSPS) is 17.2. The first-order chi connectivity index (χ1) is 12.4. The van der Waals surface area contributed by atoms with E-state index in [1.807, 2.05) is 44.2 Å². The van der Waals surface area contributed by atoms with E-state index < -0.39 is 11.9 Å². The number of pyridine rings is 1. The van der Waals surface area contributed by atoms with Crippen LogP contribution in [-0.2, 0) is 9.53 Å². The third-order valence-corrected chi connectivity index (χ3v) is 4.76. The third kappa shape index (κ3) is 3.48. The van der Waals surface area contributed by atoms with Gasteiger partial charge in [-0.15, -0.1) is 0 Å². The Morgan fingerprint density at radius 2 is 1.81 bits per heavy atom. The van der Waals surface area contributed by atoms with Gasteiger partial charge < -0.3 is 10.1 Å². The molecule has 134 valence electrons. The maximum atomic E-state index is 12.6. The van der Waals surface area contributed by atoms with Crippen LogP contribution in [0.5, 0.6) is 0 Å². The lowest BCUT2D eigenvalue weighted by molar-refractivity contribution is -0.136. The highest BCUT2D eigenvalue weighted by molar-refractivity contribution is 6.34. The Kier molecular flexibility index (Phi) is 5.35. The first kappa shape index (κ1) is 18.5. The lowest BCUT2D eigenvalue weighted by Gasteiger charge is -2.31. The molecule has 0 amide bonds. The van der Waals surface area contributed by atoms with E-state index in [9.17, 15) is 4.79 Å². The first-order valence-electron chi connectivity index (χ1n) is 8.06. The molecule has 1 aromatic heterocycles. The van der Waals surface area contributed by atoms with Crippen molar-refractivity contribution in [2.24, 2.45) is 0 Å². The van der Waals surface area contributed by atoms with Crippen LogP contribution in [-0.4, -0.2) is 18.1 Å². The van der Waals surface area contributed by atoms with E-state index in [0.29, 0.717) is 15.6 Å². The standard InChI is InChI=1S/C20H18Cl2N2O2/c1-11-17(16-6-4-5-7-23-16)19(13-8-14(21)10-15(22)9-13)18(12(2)24-11)20(25)26-3/h4-10,19,24H,1-3H3. The lowest BCUT2D eigenvalue weighted by atomic mass is 9.79. The van der Waals surface area contributed by atoms with Gasteiger partial charge in [0.1, 0.15) is 0 Å². The minimum Gasteiger partial charge on any atom is -0.466 e. The number of benzene rings is 1. The van der Waals surface area contributed by atoms with Gasteiger partial charge in [0.05, 0.1) is 18.4 Å². The summed E-state index contributed by atoms with van der Waals surface area (Å²) < 4.78 is 5.05. The van der Waals surface area contributed by atoms with Gasteiger partial charge in [-0.25, -0.2) is 4.79 Å². The average Bonchev–Trinajstić information content (AvgIpc) is 2.60. The second-order valence-electron chi connectivity index (χ2n) is 6.04. The van der Waals surface area contributed by atoms with Gasteiger partial charge in [0.25, 0.3) is 0 Å². The van der Waals surface area contributed by atoms with Crippen LogP contribution in [0.25, 0.3) is 5.57 Å². The van der Waals surface area contributed by atoms with Gasteiger partial charge in [-0.1, -0.05) is 29.3 Å². The molecule has 0 spiro atoms. The van der Waals surface area contributed by atoms with Crippen molar-refractivity contribution in [3.05, 3.63) is 80.9 Å². The summed E-state index contributed by atoms with van der Waals surface area (Å²) in [6.45, 7) is 3.81. The molecule has 1 aliphatic rings. The molecule has 1 N–H and O–H groups in total. The van der Waals surface area contributed by atoms with E-state index in [-0.39, 0.29) is 0 Å². The molecule has 1 aliphatic heterocycles. The second-order valence-corrected chi connectivity index (χ2v) is 6.92. The Hall–Kier alpha value is -2.30. The monoisotopic (exact) mass is 388 g/mol. The van der Waals surface area contributed by atoms with Gasteiger partial charge in [0.2, 0.25) is 0 Å². The van der Waals surface area contributed by atoms with Gasteiger partial charge in [-0.05, 0) is 49.7 Å². The maximum Gasteiger partial charge on any atom is 0.336 e. The molecule has 2 aromatic rings. The maximum absolute atomic E-state index is 12.6. The number of methoxy groups -OCH3 is 1. The van der Waals surface area contributed by atoms with Crippen molar-refractivity contribution in [3.63, 3.8) is 0 Å². The molecule has 0 saturated heterocycles. The molecule has 1 aromatic carbocycles. The number of nitrogens with zero attached hydrogens (tertiary/aromatic N) is 1. The molecule has 0 bridgehead atoms. The highest BCUT2D eigenvalue weighted by Crippen LogP contribution is 2.44. The Morgan fingerprint density at radius 3 is 2.38 bits per heavy atom. The van der Waals surface area contributed by atoms with Gasteiger partial charge in [0, 0.05) is 39.1 Å². The predicted octanol–water partition coefficient (Wildman–Crippen LogP) is 4.95. The van der Waals surface area contributed by atoms with Crippen LogP contribution in [0.15, 0.2) is 59.6 Å². The van der Waals surface area contributed by atoms with Crippen LogP contribution in [0.1, 0.15) is 31.0 Å². The quantitative estimate of drug-likeness (QED) is 0.755. The predicted molar refractivity (Wildman–Crippen MR) is 104 cm³/mol. The zero-order valence-corrected chi connectivity index (χ0v) is 16.2. The number of aromatic nitrogens is 1. The van der Waals surface area contributed by atoms with Crippen molar-refractivity contribution in [2.45, 2.75) is 19.8 Å². The summed E-state index contributed by atoms with van der Waals surface area (Å²) in [6.07, 6.45) is 1.72. The molecule has 0 radical (unpaired) electrons. The van der Waals surface area contributed by atoms with Gasteiger partial charge >= 0.3 is 5.97 Å². The zero-order chi connectivity index (χ0) is 18.8. The number of rotatable bonds is 3. The van der Waals surface area contributed by atoms with E-state index in [1.165, 1.54) is 7.11 Å². The Labute approximate surface area is 162 Å². The number of carbonyl (C=O) groups is 1. The molecule has 2 heterocycles. The molecule has 0 saturated carbocycles. The highest BCUT2D eigenvalue weighted by atomic mass is 35.5. The van der Waals surface area contributed by atoms with Crippen LogP contribution in [0.2, 0.25) is 10.0 Å². The van der Waals surface area contributed by atoms with Crippen LogP contribution in [0.3, 0.4) is 0 Å². The van der Waals surface area contributed by atoms with Crippen molar-refractivity contribution in [1.29, 1.82) is 0 Å². The van der Waals surface area contributed by atoms with Gasteiger partial charge in [-0.3, -0.25) is 4.98 Å². The summed E-state index contributed by atoms with van der Waals surface area (Å²) in [5.74, 6) is -0.799. The molecular weight excluding hydrogens is 371 g/mol. The molecule has 0 fully saturated rings. The van der Waals surface area contributed by atoms with Crippen LogP contribution in [0.4, 0.5) is 0 Å². The molecule has 4 nitrogen and oxygen atoms in total. The molecule has 0 aliphatic carbocycles. The van der Waals surface area contributed by atoms with Crippen molar-refractivity contribution in [1.82, 2.24) is 10.3 Å². The molecule has 26 heavy (non-hydrogen) atoms. The molecular formula is C20H18Cl2N2O2. The van der Waals surface area contributed by atoms with Crippen molar-refractivity contribution in [2.75, 3.05) is 7.11 Å². The number of hydrogen-bond acceptors (Lipinski definition) is 4. The summed E-state index contributed by atoms with van der Waals surface area (Å²) in [5, 5.41) is 4.29. The van der Waals surface area contributed by atoms with E-state index in [4.69, 9.17) is 27.9 Å². The fraction of sp³-hybridized carbons (Fsp3) is 0.200.